The summed E-state index contributed by atoms with van der Waals surface area (Å²) < 4.78 is 39.2. The third-order valence-electron chi connectivity index (χ3n) is 3.24. The fraction of sp³-hybridized carbons (Fsp3) is 0.500. The van der Waals surface area contributed by atoms with Gasteiger partial charge < -0.3 is 10.2 Å². The minimum absolute atomic E-state index is 0.00290. The molecule has 1 aromatic rings. The van der Waals surface area contributed by atoms with Crippen LogP contribution in [0.4, 0.5) is 4.39 Å². The smallest absolute Gasteiger partial charge is 0.240 e. The van der Waals surface area contributed by atoms with Gasteiger partial charge in [-0.15, -0.1) is 0 Å². The number of rotatable bonds is 9. The molecule has 0 bridgehead atoms. The molecule has 0 saturated carbocycles. The lowest BCUT2D eigenvalue weighted by atomic mass is 10.3. The van der Waals surface area contributed by atoms with Gasteiger partial charge in [-0.1, -0.05) is 0 Å². The van der Waals surface area contributed by atoms with Gasteiger partial charge in [0.1, 0.15) is 5.82 Å². The zero-order chi connectivity index (χ0) is 19.0. The summed E-state index contributed by atoms with van der Waals surface area (Å²) in [6, 6.07) is 4.47. The Hall–Kier alpha value is -2.00. The van der Waals surface area contributed by atoms with E-state index in [1.165, 1.54) is 24.1 Å². The highest BCUT2D eigenvalue weighted by Crippen LogP contribution is 2.09. The lowest BCUT2D eigenvalue weighted by Crippen LogP contribution is -2.41. The summed E-state index contributed by atoms with van der Waals surface area (Å²) in [6.45, 7) is 3.68. The van der Waals surface area contributed by atoms with Gasteiger partial charge in [-0.2, -0.15) is 0 Å². The van der Waals surface area contributed by atoms with Crippen molar-refractivity contribution in [1.82, 2.24) is 14.9 Å². The summed E-state index contributed by atoms with van der Waals surface area (Å²) in [5.41, 5.74) is 0. The summed E-state index contributed by atoms with van der Waals surface area (Å²) in [4.78, 5) is 24.8. The number of nitrogens with one attached hydrogen (secondary N) is 2. The molecule has 0 aliphatic rings. The standard InChI is InChI=1S/C16H24FN3O4S/c1-12(2)19-15(21)11-20(3)16(22)5-4-10-18-25(23,24)14-8-6-13(17)7-9-14/h6-9,12,18H,4-5,10-11H2,1-3H3,(H,19,21). The van der Waals surface area contributed by atoms with E-state index in [2.05, 4.69) is 10.0 Å². The van der Waals surface area contributed by atoms with Crippen molar-refractivity contribution >= 4 is 21.8 Å². The molecular formula is C16H24FN3O4S. The first-order valence-corrected chi connectivity index (χ1v) is 9.38. The van der Waals surface area contributed by atoms with Crippen molar-refractivity contribution in [3.8, 4) is 0 Å². The number of carbonyl (C=O) groups excluding carboxylic acids is 2. The van der Waals surface area contributed by atoms with Crippen LogP contribution in [0.5, 0.6) is 0 Å². The van der Waals surface area contributed by atoms with Crippen molar-refractivity contribution < 1.29 is 22.4 Å². The van der Waals surface area contributed by atoms with Crippen molar-refractivity contribution in [2.45, 2.75) is 37.6 Å². The Morgan fingerprint density at radius 1 is 1.20 bits per heavy atom. The van der Waals surface area contributed by atoms with E-state index < -0.39 is 15.8 Å². The van der Waals surface area contributed by atoms with E-state index in [1.807, 2.05) is 13.8 Å². The van der Waals surface area contributed by atoms with Crippen LogP contribution in [-0.2, 0) is 19.6 Å². The van der Waals surface area contributed by atoms with Crippen LogP contribution < -0.4 is 10.0 Å². The van der Waals surface area contributed by atoms with Crippen LogP contribution in [0.1, 0.15) is 26.7 Å². The number of amides is 2. The predicted molar refractivity (Wildman–Crippen MR) is 91.7 cm³/mol. The largest absolute Gasteiger partial charge is 0.352 e. The average molecular weight is 373 g/mol. The van der Waals surface area contributed by atoms with Gasteiger partial charge in [0, 0.05) is 26.1 Å². The van der Waals surface area contributed by atoms with Crippen molar-refractivity contribution in [1.29, 1.82) is 0 Å². The Kier molecular flexibility index (Phi) is 7.98. The minimum atomic E-state index is -3.73. The molecule has 7 nitrogen and oxygen atoms in total. The normalized spacial score (nSPS) is 11.4. The molecule has 0 saturated heterocycles. The van der Waals surface area contributed by atoms with Crippen LogP contribution in [0, 0.1) is 5.82 Å². The molecule has 0 aliphatic carbocycles. The monoisotopic (exact) mass is 373 g/mol. The number of carbonyl (C=O) groups is 2. The molecule has 25 heavy (non-hydrogen) atoms. The molecule has 0 aromatic heterocycles. The Morgan fingerprint density at radius 2 is 1.80 bits per heavy atom. The molecule has 2 amide bonds. The highest BCUT2D eigenvalue weighted by molar-refractivity contribution is 7.89. The molecule has 0 fully saturated rings. The van der Waals surface area contributed by atoms with Gasteiger partial charge in [0.2, 0.25) is 21.8 Å². The maximum absolute atomic E-state index is 12.8. The summed E-state index contributed by atoms with van der Waals surface area (Å²) in [6.07, 6.45) is 0.396. The average Bonchev–Trinajstić information content (AvgIpc) is 2.50. The lowest BCUT2D eigenvalue weighted by molar-refractivity contribution is -0.134. The van der Waals surface area contributed by atoms with Gasteiger partial charge in [0.05, 0.1) is 11.4 Å². The first-order chi connectivity index (χ1) is 11.6. The fourth-order valence-electron chi connectivity index (χ4n) is 2.01. The number of halogens is 1. The molecule has 1 rings (SSSR count). The number of benzene rings is 1. The van der Waals surface area contributed by atoms with E-state index in [4.69, 9.17) is 0 Å². The van der Waals surface area contributed by atoms with Crippen LogP contribution in [0.3, 0.4) is 0 Å². The predicted octanol–water partition coefficient (Wildman–Crippen LogP) is 0.867. The van der Waals surface area contributed by atoms with Crippen molar-refractivity contribution in [2.75, 3.05) is 20.1 Å². The van der Waals surface area contributed by atoms with Crippen molar-refractivity contribution in [3.63, 3.8) is 0 Å². The number of hydrogen-bond donors (Lipinski definition) is 2. The SMILES string of the molecule is CC(C)NC(=O)CN(C)C(=O)CCCNS(=O)(=O)c1ccc(F)cc1. The Bertz CT molecular complexity index is 690. The van der Waals surface area contributed by atoms with Crippen LogP contribution in [0.25, 0.3) is 0 Å². The van der Waals surface area contributed by atoms with Crippen LogP contribution in [0.15, 0.2) is 29.2 Å². The Morgan fingerprint density at radius 3 is 2.36 bits per heavy atom. The molecule has 0 unspecified atom stereocenters. The summed E-state index contributed by atoms with van der Waals surface area (Å²) >= 11 is 0. The third kappa shape index (κ3) is 7.61. The maximum Gasteiger partial charge on any atom is 0.240 e. The molecule has 0 atom stereocenters. The quantitative estimate of drug-likeness (QED) is 0.628. The maximum atomic E-state index is 12.8. The van der Waals surface area contributed by atoms with E-state index in [9.17, 15) is 22.4 Å². The Labute approximate surface area is 147 Å². The van der Waals surface area contributed by atoms with E-state index in [0.29, 0.717) is 0 Å². The van der Waals surface area contributed by atoms with Gasteiger partial charge in [-0.3, -0.25) is 9.59 Å². The first-order valence-electron chi connectivity index (χ1n) is 7.90. The number of nitrogens with zero attached hydrogens (tertiary/aromatic N) is 1. The van der Waals surface area contributed by atoms with Crippen LogP contribution >= 0.6 is 0 Å². The lowest BCUT2D eigenvalue weighted by Gasteiger charge is -2.18. The van der Waals surface area contributed by atoms with E-state index in [1.54, 1.807) is 0 Å². The van der Waals surface area contributed by atoms with Crippen molar-refractivity contribution in [3.05, 3.63) is 30.1 Å². The number of sulfonamides is 1. The number of likely N-dealkylation sites (N-methyl/N-ethyl adjacent to an activating group) is 1. The second-order valence-electron chi connectivity index (χ2n) is 5.93. The van der Waals surface area contributed by atoms with E-state index >= 15 is 0 Å². The molecule has 0 heterocycles. The molecule has 1 aromatic carbocycles. The minimum Gasteiger partial charge on any atom is -0.352 e. The van der Waals surface area contributed by atoms with E-state index in [-0.39, 0.29) is 48.7 Å². The number of hydrogen-bond acceptors (Lipinski definition) is 4. The van der Waals surface area contributed by atoms with Gasteiger partial charge in [-0.25, -0.2) is 17.5 Å². The molecular weight excluding hydrogens is 349 g/mol. The summed E-state index contributed by atoms with van der Waals surface area (Å²) in [5, 5.41) is 2.69. The third-order valence-corrected chi connectivity index (χ3v) is 4.72. The zero-order valence-electron chi connectivity index (χ0n) is 14.6. The molecule has 0 aliphatic heterocycles. The van der Waals surface area contributed by atoms with Gasteiger partial charge >= 0.3 is 0 Å². The summed E-state index contributed by atoms with van der Waals surface area (Å²) in [7, 11) is -2.21. The Balaban J connectivity index is 2.38. The van der Waals surface area contributed by atoms with E-state index in [0.717, 1.165) is 12.1 Å². The van der Waals surface area contributed by atoms with Crippen LogP contribution in [0.2, 0.25) is 0 Å². The molecule has 140 valence electrons. The molecule has 9 heteroatoms. The zero-order valence-corrected chi connectivity index (χ0v) is 15.4. The van der Waals surface area contributed by atoms with Gasteiger partial charge in [0.15, 0.2) is 0 Å². The highest BCUT2D eigenvalue weighted by atomic mass is 32.2. The second kappa shape index (κ2) is 9.47. The van der Waals surface area contributed by atoms with Gasteiger partial charge in [-0.05, 0) is 44.5 Å². The molecule has 2 N–H and O–H groups in total. The molecule has 0 spiro atoms. The fourth-order valence-corrected chi connectivity index (χ4v) is 3.08. The highest BCUT2D eigenvalue weighted by Gasteiger charge is 2.15. The summed E-state index contributed by atoms with van der Waals surface area (Å²) in [5.74, 6) is -1.02. The van der Waals surface area contributed by atoms with Crippen molar-refractivity contribution in [2.24, 2.45) is 0 Å². The van der Waals surface area contributed by atoms with Gasteiger partial charge in [0.25, 0.3) is 0 Å². The second-order valence-corrected chi connectivity index (χ2v) is 7.69. The van der Waals surface area contributed by atoms with Crippen LogP contribution in [-0.4, -0.2) is 51.3 Å². The molecule has 0 radical (unpaired) electrons. The topological polar surface area (TPSA) is 95.6 Å². The first kappa shape index (κ1) is 21.0.